The summed E-state index contributed by atoms with van der Waals surface area (Å²) in [4.78, 5) is 42.6. The molecule has 3 aromatic carbocycles. The lowest BCUT2D eigenvalue weighted by atomic mass is 10.1. The highest BCUT2D eigenvalue weighted by molar-refractivity contribution is 6.35. The second-order valence-corrected chi connectivity index (χ2v) is 10.2. The summed E-state index contributed by atoms with van der Waals surface area (Å²) in [6.45, 7) is 4.94. The van der Waals surface area contributed by atoms with Crippen LogP contribution in [-0.4, -0.2) is 41.8 Å². The zero-order chi connectivity index (χ0) is 26.5. The fraction of sp³-hybridized carbons (Fsp3) is 0.345. The van der Waals surface area contributed by atoms with Crippen LogP contribution in [0.3, 0.4) is 0 Å². The number of unbranched alkanes of at least 4 members (excludes halogenated alkanes) is 1. The molecule has 194 valence electrons. The van der Waals surface area contributed by atoms with Gasteiger partial charge in [-0.25, -0.2) is 0 Å². The maximum Gasteiger partial charge on any atom is 0.258 e. The lowest BCUT2D eigenvalue weighted by Crippen LogP contribution is -2.48. The SMILES string of the molecule is CCCCNC(=O)C(C)N(Cc1ccc(Cl)cc1Cl)C(=O)CCCN1C(=O)c2cccc3cccc1c23. The molecule has 0 fully saturated rings. The van der Waals surface area contributed by atoms with Crippen molar-refractivity contribution in [3.63, 3.8) is 0 Å². The highest BCUT2D eigenvalue weighted by atomic mass is 35.5. The Morgan fingerprint density at radius 3 is 2.54 bits per heavy atom. The van der Waals surface area contributed by atoms with Crippen molar-refractivity contribution in [1.29, 1.82) is 0 Å². The topological polar surface area (TPSA) is 69.7 Å². The standard InChI is InChI=1S/C29H31Cl2N3O3/c1-3-4-15-32-28(36)19(2)34(18-21-13-14-22(30)17-24(21)31)26(35)12-7-16-33-25-11-6-9-20-8-5-10-23(27(20)25)29(33)37/h5-6,8-11,13-14,17,19H,3-4,7,12,15-16,18H2,1-2H3,(H,32,36). The average Bonchev–Trinajstić information content (AvgIpc) is 3.16. The van der Waals surface area contributed by atoms with E-state index in [1.807, 2.05) is 36.4 Å². The zero-order valence-electron chi connectivity index (χ0n) is 21.1. The predicted octanol–water partition coefficient (Wildman–Crippen LogP) is 6.22. The van der Waals surface area contributed by atoms with E-state index >= 15 is 0 Å². The predicted molar refractivity (Wildman–Crippen MR) is 149 cm³/mol. The molecule has 1 N–H and O–H groups in total. The van der Waals surface area contributed by atoms with Crippen LogP contribution in [0.15, 0.2) is 54.6 Å². The number of carbonyl (C=O) groups excluding carboxylic acids is 3. The third-order valence-electron chi connectivity index (χ3n) is 6.77. The van der Waals surface area contributed by atoms with Gasteiger partial charge in [0.15, 0.2) is 0 Å². The second-order valence-electron chi connectivity index (χ2n) is 9.32. The molecule has 1 aliphatic heterocycles. The van der Waals surface area contributed by atoms with Crippen molar-refractivity contribution in [3.05, 3.63) is 75.8 Å². The van der Waals surface area contributed by atoms with Gasteiger partial charge in [-0.1, -0.05) is 66.9 Å². The van der Waals surface area contributed by atoms with Gasteiger partial charge in [0.2, 0.25) is 11.8 Å². The molecule has 4 rings (SSSR count). The van der Waals surface area contributed by atoms with Crippen LogP contribution in [0.4, 0.5) is 5.69 Å². The van der Waals surface area contributed by atoms with Gasteiger partial charge in [0, 0.05) is 47.1 Å². The van der Waals surface area contributed by atoms with Crippen LogP contribution in [0.5, 0.6) is 0 Å². The first kappa shape index (κ1) is 27.0. The van der Waals surface area contributed by atoms with Crippen molar-refractivity contribution in [2.45, 2.75) is 52.1 Å². The number of carbonyl (C=O) groups is 3. The number of hydrogen-bond acceptors (Lipinski definition) is 3. The Kier molecular flexibility index (Phi) is 8.72. The Labute approximate surface area is 227 Å². The zero-order valence-corrected chi connectivity index (χ0v) is 22.6. The van der Waals surface area contributed by atoms with E-state index in [9.17, 15) is 14.4 Å². The molecule has 1 heterocycles. The van der Waals surface area contributed by atoms with Gasteiger partial charge in [-0.15, -0.1) is 0 Å². The van der Waals surface area contributed by atoms with Gasteiger partial charge in [0.1, 0.15) is 6.04 Å². The summed E-state index contributed by atoms with van der Waals surface area (Å²) >= 11 is 12.4. The molecular formula is C29H31Cl2N3O3. The number of nitrogens with zero attached hydrogens (tertiary/aromatic N) is 2. The summed E-state index contributed by atoms with van der Waals surface area (Å²) in [7, 11) is 0. The van der Waals surface area contributed by atoms with Gasteiger partial charge in [-0.05, 0) is 55.0 Å². The van der Waals surface area contributed by atoms with Crippen molar-refractivity contribution in [2.24, 2.45) is 0 Å². The normalized spacial score (nSPS) is 13.2. The summed E-state index contributed by atoms with van der Waals surface area (Å²) in [5.41, 5.74) is 2.28. The third kappa shape index (κ3) is 5.91. The van der Waals surface area contributed by atoms with Crippen molar-refractivity contribution in [1.82, 2.24) is 10.2 Å². The smallest absolute Gasteiger partial charge is 0.258 e. The molecule has 37 heavy (non-hydrogen) atoms. The van der Waals surface area contributed by atoms with E-state index in [2.05, 4.69) is 12.2 Å². The minimum absolute atomic E-state index is 0.0484. The van der Waals surface area contributed by atoms with Crippen LogP contribution in [0.25, 0.3) is 10.8 Å². The molecule has 0 saturated carbocycles. The van der Waals surface area contributed by atoms with Crippen molar-refractivity contribution >= 4 is 57.4 Å². The second kappa shape index (κ2) is 12.0. The molecule has 0 aromatic heterocycles. The molecule has 1 unspecified atom stereocenters. The van der Waals surface area contributed by atoms with E-state index in [0.717, 1.165) is 29.3 Å². The summed E-state index contributed by atoms with van der Waals surface area (Å²) in [5, 5.41) is 5.84. The highest BCUT2D eigenvalue weighted by Crippen LogP contribution is 2.37. The maximum absolute atomic E-state index is 13.4. The largest absolute Gasteiger partial charge is 0.354 e. The minimum atomic E-state index is -0.678. The summed E-state index contributed by atoms with van der Waals surface area (Å²) < 4.78 is 0. The molecule has 6 nitrogen and oxygen atoms in total. The number of hydrogen-bond donors (Lipinski definition) is 1. The molecule has 1 atom stereocenters. The van der Waals surface area contributed by atoms with Crippen molar-refractivity contribution in [3.8, 4) is 0 Å². The third-order valence-corrected chi connectivity index (χ3v) is 7.36. The molecule has 0 saturated heterocycles. The van der Waals surface area contributed by atoms with Crippen LogP contribution in [-0.2, 0) is 16.1 Å². The van der Waals surface area contributed by atoms with E-state index in [4.69, 9.17) is 23.2 Å². The summed E-state index contributed by atoms with van der Waals surface area (Å²) in [5.74, 6) is -0.428. The van der Waals surface area contributed by atoms with Crippen LogP contribution >= 0.6 is 23.2 Å². The van der Waals surface area contributed by atoms with Crippen molar-refractivity contribution < 1.29 is 14.4 Å². The molecule has 8 heteroatoms. The number of rotatable bonds is 11. The maximum atomic E-state index is 13.4. The summed E-state index contributed by atoms with van der Waals surface area (Å²) in [6.07, 6.45) is 2.48. The molecule has 0 aliphatic carbocycles. The lowest BCUT2D eigenvalue weighted by Gasteiger charge is -2.29. The molecule has 3 amide bonds. The van der Waals surface area contributed by atoms with E-state index in [1.54, 1.807) is 34.9 Å². The fourth-order valence-corrected chi connectivity index (χ4v) is 5.15. The highest BCUT2D eigenvalue weighted by Gasteiger charge is 2.30. The molecule has 0 bridgehead atoms. The Morgan fingerprint density at radius 2 is 1.81 bits per heavy atom. The van der Waals surface area contributed by atoms with Gasteiger partial charge in [-0.2, -0.15) is 0 Å². The van der Waals surface area contributed by atoms with Gasteiger partial charge in [0.05, 0.1) is 5.69 Å². The Bertz CT molecular complexity index is 1320. The Balaban J connectivity index is 1.46. The minimum Gasteiger partial charge on any atom is -0.354 e. The Morgan fingerprint density at radius 1 is 1.05 bits per heavy atom. The van der Waals surface area contributed by atoms with Gasteiger partial charge in [0.25, 0.3) is 5.91 Å². The number of amides is 3. The van der Waals surface area contributed by atoms with E-state index in [1.165, 1.54) is 0 Å². The molecule has 1 aliphatic rings. The van der Waals surface area contributed by atoms with E-state index < -0.39 is 6.04 Å². The van der Waals surface area contributed by atoms with Crippen LogP contribution in [0.2, 0.25) is 10.0 Å². The number of halogens is 2. The number of nitrogens with one attached hydrogen (secondary N) is 1. The number of benzene rings is 3. The quantitative estimate of drug-likeness (QED) is 0.294. The van der Waals surface area contributed by atoms with Crippen LogP contribution in [0.1, 0.15) is 55.5 Å². The van der Waals surface area contributed by atoms with E-state index in [0.29, 0.717) is 40.7 Å². The molecular weight excluding hydrogens is 509 g/mol. The molecule has 0 radical (unpaired) electrons. The summed E-state index contributed by atoms with van der Waals surface area (Å²) in [6, 6.07) is 16.0. The van der Waals surface area contributed by atoms with Gasteiger partial charge >= 0.3 is 0 Å². The van der Waals surface area contributed by atoms with Crippen LogP contribution in [0, 0.1) is 0 Å². The Hall–Kier alpha value is -3.09. The monoisotopic (exact) mass is 539 g/mol. The van der Waals surface area contributed by atoms with Crippen molar-refractivity contribution in [2.75, 3.05) is 18.0 Å². The first-order valence-electron chi connectivity index (χ1n) is 12.7. The van der Waals surface area contributed by atoms with E-state index in [-0.39, 0.29) is 30.7 Å². The molecule has 3 aromatic rings. The van der Waals surface area contributed by atoms with Gasteiger partial charge in [-0.3, -0.25) is 14.4 Å². The van der Waals surface area contributed by atoms with Crippen LogP contribution < -0.4 is 10.2 Å². The fourth-order valence-electron chi connectivity index (χ4n) is 4.69. The first-order chi connectivity index (χ1) is 17.8. The molecule has 0 spiro atoms. The number of anilines is 1. The van der Waals surface area contributed by atoms with Gasteiger partial charge < -0.3 is 15.1 Å². The average molecular weight is 540 g/mol. The first-order valence-corrected chi connectivity index (χ1v) is 13.4. The lowest BCUT2D eigenvalue weighted by molar-refractivity contribution is -0.140.